The van der Waals surface area contributed by atoms with Gasteiger partial charge in [-0.3, -0.25) is 4.79 Å². The fourth-order valence-corrected chi connectivity index (χ4v) is 3.05. The molecule has 0 amide bonds. The first-order chi connectivity index (χ1) is 13.1. The summed E-state index contributed by atoms with van der Waals surface area (Å²) in [5.74, 6) is 1.73. The molecule has 0 spiro atoms. The van der Waals surface area contributed by atoms with Crippen molar-refractivity contribution in [3.05, 3.63) is 36.0 Å². The van der Waals surface area contributed by atoms with Gasteiger partial charge in [-0.25, -0.2) is 4.98 Å². The van der Waals surface area contributed by atoms with Crippen molar-refractivity contribution >= 4 is 23.1 Å². The van der Waals surface area contributed by atoms with Crippen LogP contribution >= 0.6 is 12.2 Å². The minimum Gasteiger partial charge on any atom is -0.494 e. The number of hydrogen-bond donors (Lipinski definition) is 0. The molecule has 0 radical (unpaired) electrons. The number of carbonyl (C=O) groups excluding carboxylic acids is 1. The van der Waals surface area contributed by atoms with Gasteiger partial charge in [-0.1, -0.05) is 12.2 Å². The van der Waals surface area contributed by atoms with Crippen LogP contribution in [0, 0.1) is 0 Å². The van der Waals surface area contributed by atoms with E-state index in [0.29, 0.717) is 48.3 Å². The van der Waals surface area contributed by atoms with Crippen LogP contribution in [-0.4, -0.2) is 42.7 Å². The highest BCUT2D eigenvalue weighted by Gasteiger charge is 2.16. The zero-order valence-electron chi connectivity index (χ0n) is 15.3. The summed E-state index contributed by atoms with van der Waals surface area (Å²) in [5, 5.41) is 0. The van der Waals surface area contributed by atoms with Crippen LogP contribution in [0.3, 0.4) is 0 Å². The lowest BCUT2D eigenvalue weighted by molar-refractivity contribution is -0.141. The summed E-state index contributed by atoms with van der Waals surface area (Å²) in [4.78, 5) is 16.9. The number of ether oxygens (including phenoxy) is 4. The molecule has 0 saturated carbocycles. The van der Waals surface area contributed by atoms with Gasteiger partial charge in [-0.15, -0.1) is 0 Å². The predicted octanol–water partition coefficient (Wildman–Crippen LogP) is 3.39. The zero-order chi connectivity index (χ0) is 19.2. The lowest BCUT2D eigenvalue weighted by Gasteiger charge is -2.19. The standard InChI is InChI=1S/C20H21NO5S/c1-3-24-19(22)12-15(27)11-14-5-7-17(23-2)20(21-14)13-4-6-16-18(10-13)26-9-8-25-16/h4-7,10H,3,8-9,11-12H2,1-2H3. The Morgan fingerprint density at radius 1 is 1.19 bits per heavy atom. The maximum Gasteiger partial charge on any atom is 0.310 e. The summed E-state index contributed by atoms with van der Waals surface area (Å²) < 4.78 is 21.6. The molecule has 1 aromatic heterocycles. The van der Waals surface area contributed by atoms with Crippen molar-refractivity contribution in [3.8, 4) is 28.5 Å². The third-order valence-electron chi connectivity index (χ3n) is 3.98. The molecule has 0 fully saturated rings. The lowest BCUT2D eigenvalue weighted by atomic mass is 10.1. The van der Waals surface area contributed by atoms with Gasteiger partial charge in [-0.05, 0) is 37.3 Å². The minimum absolute atomic E-state index is 0.107. The van der Waals surface area contributed by atoms with Crippen LogP contribution in [0.4, 0.5) is 0 Å². The Morgan fingerprint density at radius 2 is 1.96 bits per heavy atom. The molecule has 2 heterocycles. The minimum atomic E-state index is -0.317. The topological polar surface area (TPSA) is 66.9 Å². The number of hydrogen-bond acceptors (Lipinski definition) is 7. The quantitative estimate of drug-likeness (QED) is 0.533. The number of rotatable bonds is 7. The van der Waals surface area contributed by atoms with Crippen molar-refractivity contribution in [2.75, 3.05) is 26.9 Å². The molecule has 0 bridgehead atoms. The van der Waals surface area contributed by atoms with Gasteiger partial charge >= 0.3 is 5.97 Å². The second kappa shape index (κ2) is 8.81. The van der Waals surface area contributed by atoms with E-state index in [9.17, 15) is 4.79 Å². The first-order valence-electron chi connectivity index (χ1n) is 8.72. The Morgan fingerprint density at radius 3 is 2.70 bits per heavy atom. The molecule has 0 aliphatic carbocycles. The Labute approximate surface area is 163 Å². The van der Waals surface area contributed by atoms with E-state index >= 15 is 0 Å². The van der Waals surface area contributed by atoms with Crippen molar-refractivity contribution in [2.24, 2.45) is 0 Å². The lowest BCUT2D eigenvalue weighted by Crippen LogP contribution is -2.15. The fourth-order valence-electron chi connectivity index (χ4n) is 2.78. The van der Waals surface area contributed by atoms with Gasteiger partial charge in [0.2, 0.25) is 0 Å². The van der Waals surface area contributed by atoms with Gasteiger partial charge in [0.05, 0.1) is 20.1 Å². The van der Waals surface area contributed by atoms with Crippen molar-refractivity contribution in [1.29, 1.82) is 0 Å². The molecule has 0 N–H and O–H groups in total. The Kier molecular flexibility index (Phi) is 6.24. The Hall–Kier alpha value is -2.67. The number of carbonyl (C=O) groups is 1. The maximum atomic E-state index is 11.6. The van der Waals surface area contributed by atoms with Crippen molar-refractivity contribution in [1.82, 2.24) is 4.98 Å². The first kappa shape index (κ1) is 19.1. The molecule has 0 atom stereocenters. The van der Waals surface area contributed by atoms with E-state index in [0.717, 1.165) is 17.0 Å². The Bertz CT molecular complexity index is 852. The molecule has 142 valence electrons. The molecule has 1 aliphatic rings. The summed E-state index contributed by atoms with van der Waals surface area (Å²) in [6.45, 7) is 3.17. The van der Waals surface area contributed by atoms with Crippen LogP contribution in [0.15, 0.2) is 30.3 Å². The highest BCUT2D eigenvalue weighted by molar-refractivity contribution is 7.80. The van der Waals surface area contributed by atoms with Crippen molar-refractivity contribution in [3.63, 3.8) is 0 Å². The zero-order valence-corrected chi connectivity index (χ0v) is 16.1. The van der Waals surface area contributed by atoms with E-state index in [4.69, 9.17) is 36.1 Å². The predicted molar refractivity (Wildman–Crippen MR) is 105 cm³/mol. The van der Waals surface area contributed by atoms with Gasteiger partial charge in [-0.2, -0.15) is 0 Å². The van der Waals surface area contributed by atoms with Gasteiger partial charge in [0, 0.05) is 22.5 Å². The van der Waals surface area contributed by atoms with Gasteiger partial charge in [0.25, 0.3) is 0 Å². The summed E-state index contributed by atoms with van der Waals surface area (Å²) in [6, 6.07) is 9.36. The molecule has 6 nitrogen and oxygen atoms in total. The monoisotopic (exact) mass is 387 g/mol. The normalized spacial score (nSPS) is 12.4. The van der Waals surface area contributed by atoms with Crippen LogP contribution in [0.2, 0.25) is 0 Å². The molecule has 7 heteroatoms. The van der Waals surface area contributed by atoms with E-state index in [1.165, 1.54) is 0 Å². The smallest absolute Gasteiger partial charge is 0.310 e. The number of benzene rings is 1. The summed E-state index contributed by atoms with van der Waals surface area (Å²) in [6.07, 6.45) is 0.520. The van der Waals surface area contributed by atoms with E-state index < -0.39 is 0 Å². The molecule has 2 aromatic rings. The first-order valence-corrected chi connectivity index (χ1v) is 9.12. The highest BCUT2D eigenvalue weighted by Crippen LogP contribution is 2.36. The number of methoxy groups -OCH3 is 1. The van der Waals surface area contributed by atoms with Gasteiger partial charge in [0.1, 0.15) is 24.7 Å². The average molecular weight is 387 g/mol. The number of esters is 1. The van der Waals surface area contributed by atoms with E-state index in [-0.39, 0.29) is 12.4 Å². The van der Waals surface area contributed by atoms with Crippen LogP contribution in [0.5, 0.6) is 17.2 Å². The molecular formula is C20H21NO5S. The molecule has 1 aliphatic heterocycles. The third-order valence-corrected chi connectivity index (χ3v) is 4.27. The van der Waals surface area contributed by atoms with E-state index in [2.05, 4.69) is 0 Å². The van der Waals surface area contributed by atoms with Crippen LogP contribution < -0.4 is 14.2 Å². The largest absolute Gasteiger partial charge is 0.494 e. The third kappa shape index (κ3) is 4.74. The number of nitrogens with zero attached hydrogens (tertiary/aromatic N) is 1. The number of pyridine rings is 1. The van der Waals surface area contributed by atoms with Crippen LogP contribution in [0.1, 0.15) is 19.0 Å². The molecular weight excluding hydrogens is 366 g/mol. The van der Waals surface area contributed by atoms with Crippen LogP contribution in [0.25, 0.3) is 11.3 Å². The van der Waals surface area contributed by atoms with Crippen molar-refractivity contribution in [2.45, 2.75) is 19.8 Å². The van der Waals surface area contributed by atoms with Crippen molar-refractivity contribution < 1.29 is 23.7 Å². The molecule has 0 saturated heterocycles. The maximum absolute atomic E-state index is 11.6. The van der Waals surface area contributed by atoms with Gasteiger partial charge in [0.15, 0.2) is 11.5 Å². The summed E-state index contributed by atoms with van der Waals surface area (Å²) >= 11 is 5.32. The molecule has 3 rings (SSSR count). The Balaban J connectivity index is 1.84. The second-order valence-corrected chi connectivity index (χ2v) is 6.49. The van der Waals surface area contributed by atoms with Crippen LogP contribution in [-0.2, 0) is 16.0 Å². The van der Waals surface area contributed by atoms with E-state index in [1.807, 2.05) is 30.3 Å². The molecule has 27 heavy (non-hydrogen) atoms. The second-order valence-electron chi connectivity index (χ2n) is 5.91. The SMILES string of the molecule is CCOC(=O)CC(=S)Cc1ccc(OC)c(-c2ccc3c(c2)OCCO3)n1. The number of fused-ring (bicyclic) bond motifs is 1. The average Bonchev–Trinajstić information content (AvgIpc) is 2.67. The highest BCUT2D eigenvalue weighted by atomic mass is 32.1. The molecule has 0 unspecified atom stereocenters. The fraction of sp³-hybridized carbons (Fsp3) is 0.350. The summed E-state index contributed by atoms with van der Waals surface area (Å²) in [7, 11) is 1.60. The molecule has 1 aromatic carbocycles. The van der Waals surface area contributed by atoms with E-state index in [1.54, 1.807) is 14.0 Å². The number of thiocarbonyl (C=S) groups is 1. The summed E-state index contributed by atoms with van der Waals surface area (Å²) in [5.41, 5.74) is 2.30. The van der Waals surface area contributed by atoms with Gasteiger partial charge < -0.3 is 18.9 Å². The number of aromatic nitrogens is 1.